The van der Waals surface area contributed by atoms with Crippen LogP contribution in [-0.4, -0.2) is 27.3 Å². The van der Waals surface area contributed by atoms with Gasteiger partial charge in [-0.1, -0.05) is 57.0 Å². The highest BCUT2D eigenvalue weighted by molar-refractivity contribution is 5.96. The van der Waals surface area contributed by atoms with Gasteiger partial charge >= 0.3 is 0 Å². The summed E-state index contributed by atoms with van der Waals surface area (Å²) in [6, 6.07) is 16.9. The van der Waals surface area contributed by atoms with Crippen LogP contribution in [0.25, 0.3) is 0 Å². The number of aryl methyl sites for hydroxylation is 2. The lowest BCUT2D eigenvalue weighted by Gasteiger charge is -2.30. The van der Waals surface area contributed by atoms with Gasteiger partial charge in [0.2, 0.25) is 0 Å². The summed E-state index contributed by atoms with van der Waals surface area (Å²) in [6.07, 6.45) is 7.10. The minimum Gasteiger partial charge on any atom is -0.348 e. The van der Waals surface area contributed by atoms with Gasteiger partial charge in [0.15, 0.2) is 0 Å². The summed E-state index contributed by atoms with van der Waals surface area (Å²) in [7, 11) is 0. The van der Waals surface area contributed by atoms with Gasteiger partial charge in [0.1, 0.15) is 0 Å². The van der Waals surface area contributed by atoms with Crippen LogP contribution < -0.4 is 5.32 Å². The molecule has 0 saturated carbocycles. The Morgan fingerprint density at radius 1 is 0.970 bits per heavy atom. The number of rotatable bonds is 11. The molecule has 0 saturated heterocycles. The van der Waals surface area contributed by atoms with Gasteiger partial charge < -0.3 is 5.32 Å². The monoisotopic (exact) mass is 444 g/mol. The summed E-state index contributed by atoms with van der Waals surface area (Å²) in [5.74, 6) is -0.0755. The average molecular weight is 445 g/mol. The van der Waals surface area contributed by atoms with Gasteiger partial charge in [0.25, 0.3) is 5.91 Å². The number of unbranched alkanes of at least 4 members (excludes halogenated alkanes) is 1. The molecule has 3 rings (SSSR count). The Morgan fingerprint density at radius 3 is 2.36 bits per heavy atom. The standard InChI is InChI=1S/C28H36N4O/c1-5-7-11-26(25-10-8-9-17-30-25)32(6-2)20-24-14-12-23(13-15-24)19-31-28(33)27-21(3)16-18-29-22(27)4/h8-10,12-18,26H,5-7,11,19-20H2,1-4H3,(H,31,33). The first kappa shape index (κ1) is 24.6. The van der Waals surface area contributed by atoms with Gasteiger partial charge in [-0.2, -0.15) is 0 Å². The Hall–Kier alpha value is -3.05. The fraction of sp³-hybridized carbons (Fsp3) is 0.393. The summed E-state index contributed by atoms with van der Waals surface area (Å²) in [4.78, 5) is 24.0. The average Bonchev–Trinajstić information content (AvgIpc) is 2.83. The molecular formula is C28H36N4O. The van der Waals surface area contributed by atoms with Crippen molar-refractivity contribution in [3.05, 3.63) is 94.6 Å². The van der Waals surface area contributed by atoms with Crippen molar-refractivity contribution >= 4 is 5.91 Å². The Kier molecular flexibility index (Phi) is 9.14. The number of aromatic nitrogens is 2. The maximum atomic E-state index is 12.6. The van der Waals surface area contributed by atoms with Crippen molar-refractivity contribution in [1.29, 1.82) is 0 Å². The summed E-state index contributed by atoms with van der Waals surface area (Å²) in [5, 5.41) is 3.03. The van der Waals surface area contributed by atoms with Crippen LogP contribution in [0.5, 0.6) is 0 Å². The molecule has 1 amide bonds. The van der Waals surface area contributed by atoms with E-state index >= 15 is 0 Å². The smallest absolute Gasteiger partial charge is 0.253 e. The second-order valence-electron chi connectivity index (χ2n) is 8.56. The molecule has 5 nitrogen and oxygen atoms in total. The van der Waals surface area contributed by atoms with E-state index in [0.29, 0.717) is 18.2 Å². The Morgan fingerprint density at radius 2 is 1.73 bits per heavy atom. The maximum Gasteiger partial charge on any atom is 0.253 e. The number of carbonyl (C=O) groups is 1. The molecule has 0 spiro atoms. The molecule has 2 heterocycles. The summed E-state index contributed by atoms with van der Waals surface area (Å²) in [5.41, 5.74) is 5.87. The van der Waals surface area contributed by atoms with E-state index < -0.39 is 0 Å². The lowest BCUT2D eigenvalue weighted by molar-refractivity contribution is 0.0949. The predicted octanol–water partition coefficient (Wildman–Crippen LogP) is 5.78. The molecule has 174 valence electrons. The molecule has 0 aliphatic heterocycles. The number of pyridine rings is 2. The van der Waals surface area contributed by atoms with Crippen molar-refractivity contribution in [1.82, 2.24) is 20.2 Å². The van der Waals surface area contributed by atoms with Crippen molar-refractivity contribution in [3.8, 4) is 0 Å². The normalized spacial score (nSPS) is 12.0. The minimum atomic E-state index is -0.0755. The molecule has 2 aromatic heterocycles. The van der Waals surface area contributed by atoms with E-state index in [4.69, 9.17) is 0 Å². The molecule has 1 aromatic carbocycles. The summed E-state index contributed by atoms with van der Waals surface area (Å²) in [6.45, 7) is 10.6. The van der Waals surface area contributed by atoms with Crippen molar-refractivity contribution < 1.29 is 4.79 Å². The molecule has 5 heteroatoms. The molecule has 0 aliphatic rings. The third kappa shape index (κ3) is 6.72. The Balaban J connectivity index is 1.64. The van der Waals surface area contributed by atoms with E-state index in [1.165, 1.54) is 18.4 Å². The van der Waals surface area contributed by atoms with Crippen molar-refractivity contribution in [3.63, 3.8) is 0 Å². The number of nitrogens with one attached hydrogen (secondary N) is 1. The van der Waals surface area contributed by atoms with Crippen LogP contribution in [0.15, 0.2) is 60.9 Å². The topological polar surface area (TPSA) is 58.1 Å². The number of carbonyl (C=O) groups excluding carboxylic acids is 1. The van der Waals surface area contributed by atoms with Gasteiger partial charge in [-0.3, -0.25) is 19.7 Å². The second kappa shape index (κ2) is 12.3. The van der Waals surface area contributed by atoms with Crippen LogP contribution in [0.3, 0.4) is 0 Å². The molecule has 0 fully saturated rings. The molecule has 1 N–H and O–H groups in total. The first-order valence-electron chi connectivity index (χ1n) is 12.0. The molecule has 0 aliphatic carbocycles. The zero-order valence-corrected chi connectivity index (χ0v) is 20.3. The van der Waals surface area contributed by atoms with E-state index in [1.54, 1.807) is 6.20 Å². The first-order valence-corrected chi connectivity index (χ1v) is 12.0. The van der Waals surface area contributed by atoms with Gasteiger partial charge in [-0.05, 0) is 61.7 Å². The third-order valence-electron chi connectivity index (χ3n) is 6.14. The van der Waals surface area contributed by atoms with Gasteiger partial charge in [-0.15, -0.1) is 0 Å². The number of amides is 1. The number of benzene rings is 1. The number of hydrogen-bond acceptors (Lipinski definition) is 4. The number of nitrogens with zero attached hydrogens (tertiary/aromatic N) is 3. The maximum absolute atomic E-state index is 12.6. The highest BCUT2D eigenvalue weighted by Crippen LogP contribution is 2.26. The van der Waals surface area contributed by atoms with Crippen molar-refractivity contribution in [2.24, 2.45) is 0 Å². The zero-order valence-electron chi connectivity index (χ0n) is 20.3. The Labute approximate surface area is 198 Å². The largest absolute Gasteiger partial charge is 0.348 e. The molecule has 0 bridgehead atoms. The summed E-state index contributed by atoms with van der Waals surface area (Å²) >= 11 is 0. The van der Waals surface area contributed by atoms with E-state index in [9.17, 15) is 4.79 Å². The fourth-order valence-electron chi connectivity index (χ4n) is 4.24. The molecule has 1 atom stereocenters. The minimum absolute atomic E-state index is 0.0755. The Bertz CT molecular complexity index is 998. The second-order valence-corrected chi connectivity index (χ2v) is 8.56. The zero-order chi connectivity index (χ0) is 23.6. The van der Waals surface area contributed by atoms with Crippen LogP contribution in [-0.2, 0) is 13.1 Å². The first-order chi connectivity index (χ1) is 16.0. The highest BCUT2D eigenvalue weighted by Gasteiger charge is 2.20. The van der Waals surface area contributed by atoms with Gasteiger partial charge in [0, 0.05) is 25.5 Å². The quantitative estimate of drug-likeness (QED) is 0.407. The molecule has 1 unspecified atom stereocenters. The molecule has 3 aromatic rings. The van der Waals surface area contributed by atoms with Crippen LogP contribution in [0.1, 0.15) is 77.6 Å². The van der Waals surface area contributed by atoms with E-state index in [1.807, 2.05) is 32.2 Å². The van der Waals surface area contributed by atoms with Crippen molar-refractivity contribution in [2.75, 3.05) is 6.54 Å². The van der Waals surface area contributed by atoms with Crippen LogP contribution in [0.2, 0.25) is 0 Å². The summed E-state index contributed by atoms with van der Waals surface area (Å²) < 4.78 is 0. The van der Waals surface area contributed by atoms with Gasteiger partial charge in [0.05, 0.1) is 23.0 Å². The fourth-order valence-corrected chi connectivity index (χ4v) is 4.24. The molecule has 33 heavy (non-hydrogen) atoms. The van der Waals surface area contributed by atoms with Crippen LogP contribution >= 0.6 is 0 Å². The molecule has 0 radical (unpaired) electrons. The SMILES string of the molecule is CCCCC(c1ccccn1)N(CC)Cc1ccc(CNC(=O)c2c(C)ccnc2C)cc1. The predicted molar refractivity (Wildman–Crippen MR) is 134 cm³/mol. The lowest BCUT2D eigenvalue weighted by atomic mass is 10.0. The highest BCUT2D eigenvalue weighted by atomic mass is 16.1. The molecular weight excluding hydrogens is 408 g/mol. The van der Waals surface area contributed by atoms with Gasteiger partial charge in [-0.25, -0.2) is 0 Å². The van der Waals surface area contributed by atoms with Crippen LogP contribution in [0.4, 0.5) is 0 Å². The van der Waals surface area contributed by atoms with Crippen LogP contribution in [0, 0.1) is 13.8 Å². The van der Waals surface area contributed by atoms with E-state index in [-0.39, 0.29) is 5.91 Å². The third-order valence-corrected chi connectivity index (χ3v) is 6.14. The van der Waals surface area contributed by atoms with Crippen molar-refractivity contribution in [2.45, 2.75) is 66.1 Å². The lowest BCUT2D eigenvalue weighted by Crippen LogP contribution is -2.29. The number of hydrogen-bond donors (Lipinski definition) is 1. The van der Waals surface area contributed by atoms with E-state index in [0.717, 1.165) is 42.0 Å². The van der Waals surface area contributed by atoms with E-state index in [2.05, 4.69) is 70.4 Å².